The smallest absolute Gasteiger partial charge is 0.168 e. The third kappa shape index (κ3) is 2.88. The van der Waals surface area contributed by atoms with Crippen molar-refractivity contribution >= 4 is 0 Å². The van der Waals surface area contributed by atoms with Gasteiger partial charge in [0.05, 0.1) is 7.11 Å². The van der Waals surface area contributed by atoms with Gasteiger partial charge in [-0.15, -0.1) is 0 Å². The van der Waals surface area contributed by atoms with Gasteiger partial charge in [0.1, 0.15) is 5.75 Å². The molecule has 0 radical (unpaired) electrons. The summed E-state index contributed by atoms with van der Waals surface area (Å²) >= 11 is 0. The molecular weight excluding hydrogens is 300 g/mol. The molecule has 1 aliphatic carbocycles. The topological polar surface area (TPSA) is 30.5 Å². The molecule has 5 heteroatoms. The summed E-state index contributed by atoms with van der Waals surface area (Å²) in [6.45, 7) is 0.114. The van der Waals surface area contributed by atoms with E-state index >= 15 is 4.39 Å². The molecule has 122 valence electrons. The molecule has 2 unspecified atom stereocenters. The number of methoxy groups -OCH3 is 1. The zero-order valence-electron chi connectivity index (χ0n) is 13.1. The van der Waals surface area contributed by atoms with E-state index in [9.17, 15) is 4.39 Å². The van der Waals surface area contributed by atoms with Crippen molar-refractivity contribution in [1.82, 2.24) is 5.32 Å². The number of rotatable bonds is 5. The molecule has 0 aliphatic heterocycles. The van der Waals surface area contributed by atoms with Gasteiger partial charge in [0.25, 0.3) is 0 Å². The van der Waals surface area contributed by atoms with Gasteiger partial charge in [-0.2, -0.15) is 0 Å². The van der Waals surface area contributed by atoms with E-state index in [1.807, 2.05) is 6.07 Å². The first kappa shape index (κ1) is 15.7. The number of halogens is 2. The molecule has 0 saturated carbocycles. The van der Waals surface area contributed by atoms with Gasteiger partial charge in [0.2, 0.25) is 0 Å². The first-order valence-corrected chi connectivity index (χ1v) is 7.49. The van der Waals surface area contributed by atoms with Crippen molar-refractivity contribution in [2.75, 3.05) is 20.7 Å². The van der Waals surface area contributed by atoms with Crippen LogP contribution in [-0.4, -0.2) is 26.4 Å². The van der Waals surface area contributed by atoms with Crippen LogP contribution in [0, 0.1) is 5.82 Å². The maximum Gasteiger partial charge on any atom is 0.168 e. The Morgan fingerprint density at radius 1 is 1.26 bits per heavy atom. The van der Waals surface area contributed by atoms with Crippen LogP contribution in [0.15, 0.2) is 42.5 Å². The number of benzene rings is 2. The van der Waals surface area contributed by atoms with E-state index in [0.717, 1.165) is 5.56 Å². The molecule has 0 saturated heterocycles. The van der Waals surface area contributed by atoms with Crippen molar-refractivity contribution < 1.29 is 18.3 Å². The van der Waals surface area contributed by atoms with Crippen molar-refractivity contribution in [2.24, 2.45) is 0 Å². The molecule has 2 aromatic rings. The number of nitrogens with one attached hydrogen (secondary N) is 1. The number of hydrogen-bond donors (Lipinski definition) is 1. The Morgan fingerprint density at radius 2 is 2.04 bits per heavy atom. The Balaban J connectivity index is 2.01. The number of ether oxygens (including phenoxy) is 2. The first-order valence-electron chi connectivity index (χ1n) is 7.49. The lowest BCUT2D eigenvalue weighted by molar-refractivity contribution is 0.0209. The van der Waals surface area contributed by atoms with Crippen LogP contribution in [0.25, 0.3) is 0 Å². The van der Waals surface area contributed by atoms with Gasteiger partial charge in [-0.3, -0.25) is 0 Å². The molecule has 0 amide bonds. The third-order valence-corrected chi connectivity index (χ3v) is 4.14. The Kier molecular flexibility index (Phi) is 4.22. The van der Waals surface area contributed by atoms with Crippen molar-refractivity contribution in [2.45, 2.75) is 18.2 Å². The van der Waals surface area contributed by atoms with Crippen LogP contribution < -0.4 is 14.8 Å². The van der Waals surface area contributed by atoms with E-state index < -0.39 is 17.6 Å². The van der Waals surface area contributed by atoms with Gasteiger partial charge in [-0.25, -0.2) is 8.78 Å². The first-order chi connectivity index (χ1) is 11.1. The van der Waals surface area contributed by atoms with E-state index in [1.165, 1.54) is 12.1 Å². The highest BCUT2D eigenvalue weighted by Gasteiger charge is 2.48. The van der Waals surface area contributed by atoms with E-state index in [1.54, 1.807) is 38.4 Å². The Bertz CT molecular complexity index is 707. The number of alkyl halides is 1. The van der Waals surface area contributed by atoms with E-state index in [4.69, 9.17) is 9.47 Å². The molecule has 23 heavy (non-hydrogen) atoms. The van der Waals surface area contributed by atoms with Crippen LogP contribution in [0.4, 0.5) is 8.78 Å². The average molecular weight is 319 g/mol. The number of fused-ring (bicyclic) bond motifs is 1. The maximum absolute atomic E-state index is 15.5. The van der Waals surface area contributed by atoms with Crippen molar-refractivity contribution in [1.29, 1.82) is 0 Å². The van der Waals surface area contributed by atoms with Crippen LogP contribution in [0.2, 0.25) is 0 Å². The van der Waals surface area contributed by atoms with Gasteiger partial charge in [-0.1, -0.05) is 18.2 Å². The summed E-state index contributed by atoms with van der Waals surface area (Å²) in [6.07, 6.45) is -0.677. The Hall–Kier alpha value is -2.14. The van der Waals surface area contributed by atoms with Gasteiger partial charge < -0.3 is 14.8 Å². The van der Waals surface area contributed by atoms with E-state index in [-0.39, 0.29) is 18.7 Å². The van der Waals surface area contributed by atoms with Gasteiger partial charge >= 0.3 is 0 Å². The fourth-order valence-electron chi connectivity index (χ4n) is 3.08. The summed E-state index contributed by atoms with van der Waals surface area (Å²) in [4.78, 5) is 0. The lowest BCUT2D eigenvalue weighted by Crippen LogP contribution is -2.41. The molecule has 1 aliphatic rings. The monoisotopic (exact) mass is 319 g/mol. The maximum atomic E-state index is 15.5. The molecule has 0 spiro atoms. The summed E-state index contributed by atoms with van der Waals surface area (Å²) in [7, 11) is 3.24. The molecular formula is C18H19F2NO2. The van der Waals surface area contributed by atoms with E-state index in [2.05, 4.69) is 5.32 Å². The zero-order valence-corrected chi connectivity index (χ0v) is 13.1. The second-order valence-corrected chi connectivity index (χ2v) is 5.73. The summed E-state index contributed by atoms with van der Waals surface area (Å²) < 4.78 is 40.4. The fourth-order valence-corrected chi connectivity index (χ4v) is 3.08. The van der Waals surface area contributed by atoms with Crippen molar-refractivity contribution in [3.63, 3.8) is 0 Å². The second-order valence-electron chi connectivity index (χ2n) is 5.73. The average Bonchev–Trinajstić information content (AvgIpc) is 2.81. The minimum Gasteiger partial charge on any atom is -0.497 e. The molecule has 0 heterocycles. The number of para-hydroxylation sites is 1. The lowest BCUT2D eigenvalue weighted by atomic mass is 9.99. The molecule has 0 fully saturated rings. The van der Waals surface area contributed by atoms with Crippen LogP contribution in [0.5, 0.6) is 11.5 Å². The van der Waals surface area contributed by atoms with Crippen LogP contribution in [0.1, 0.15) is 17.2 Å². The lowest BCUT2D eigenvalue weighted by Gasteiger charge is -2.28. The molecule has 3 rings (SSSR count). The molecule has 3 nitrogen and oxygen atoms in total. The van der Waals surface area contributed by atoms with Crippen molar-refractivity contribution in [3.05, 3.63) is 59.4 Å². The predicted octanol–water partition coefficient (Wildman–Crippen LogP) is 3.44. The SMILES string of the molecule is CNCC1(F)Cc2ccc(OC)cc2C1Oc1ccccc1F. The van der Waals surface area contributed by atoms with Gasteiger partial charge in [0.15, 0.2) is 23.3 Å². The minimum absolute atomic E-state index is 0.0475. The highest BCUT2D eigenvalue weighted by atomic mass is 19.1. The van der Waals surface area contributed by atoms with Crippen molar-refractivity contribution in [3.8, 4) is 11.5 Å². The number of hydrogen-bond acceptors (Lipinski definition) is 3. The zero-order chi connectivity index (χ0) is 16.4. The molecule has 2 aromatic carbocycles. The summed E-state index contributed by atoms with van der Waals surface area (Å²) in [5.74, 6) is 0.168. The highest BCUT2D eigenvalue weighted by molar-refractivity contribution is 5.44. The Labute approximate surface area is 134 Å². The normalized spacial score (nSPS) is 22.7. The van der Waals surface area contributed by atoms with Gasteiger partial charge in [0, 0.05) is 18.5 Å². The minimum atomic E-state index is -1.65. The Morgan fingerprint density at radius 3 is 2.74 bits per heavy atom. The molecule has 0 bridgehead atoms. The molecule has 2 atom stereocenters. The highest BCUT2D eigenvalue weighted by Crippen LogP contribution is 2.45. The van der Waals surface area contributed by atoms with Crippen LogP contribution in [0.3, 0.4) is 0 Å². The molecule has 1 N–H and O–H groups in total. The standard InChI is InChI=1S/C18H19F2NO2/c1-21-11-18(20)10-12-7-8-13(22-2)9-14(12)17(18)23-16-6-4-3-5-15(16)19/h3-9,17,21H,10-11H2,1-2H3. The van der Waals surface area contributed by atoms with Crippen LogP contribution in [-0.2, 0) is 6.42 Å². The van der Waals surface area contributed by atoms with Gasteiger partial charge in [-0.05, 0) is 36.9 Å². The summed E-state index contributed by atoms with van der Waals surface area (Å²) in [5.41, 5.74) is -0.0959. The molecule has 0 aromatic heterocycles. The predicted molar refractivity (Wildman–Crippen MR) is 84.2 cm³/mol. The summed E-state index contributed by atoms with van der Waals surface area (Å²) in [5, 5.41) is 2.86. The summed E-state index contributed by atoms with van der Waals surface area (Å²) in [6, 6.07) is 11.4. The van der Waals surface area contributed by atoms with Crippen LogP contribution >= 0.6 is 0 Å². The fraction of sp³-hybridized carbons (Fsp3) is 0.333. The van der Waals surface area contributed by atoms with E-state index in [0.29, 0.717) is 11.3 Å². The quantitative estimate of drug-likeness (QED) is 0.916. The largest absolute Gasteiger partial charge is 0.497 e. The second kappa shape index (κ2) is 6.16. The third-order valence-electron chi connectivity index (χ3n) is 4.14.